The average Bonchev–Trinajstić information content (AvgIpc) is 1.87. The second-order valence-electron chi connectivity index (χ2n) is 2.21. The van der Waals surface area contributed by atoms with Gasteiger partial charge in [-0.2, -0.15) is 25.3 Å². The largest absolute Gasteiger partial charge is 0.480 e. The predicted molar refractivity (Wildman–Crippen MR) is 51.1 cm³/mol. The van der Waals surface area contributed by atoms with Crippen molar-refractivity contribution in [3.8, 4) is 0 Å². The Balaban J connectivity index is 4.51. The molecular weight excluding hydrogens is 182 g/mol. The summed E-state index contributed by atoms with van der Waals surface area (Å²) in [5.74, 6) is -1.12. The molecule has 0 fully saturated rings. The lowest BCUT2D eigenvalue weighted by atomic mass is 9.99. The topological polar surface area (TPSA) is 63.3 Å². The first kappa shape index (κ1) is 10.9. The lowest BCUT2D eigenvalue weighted by Crippen LogP contribution is -2.53. The van der Waals surface area contributed by atoms with Crippen LogP contribution in [0.1, 0.15) is 6.42 Å². The monoisotopic (exact) mass is 193 g/mol. The Kier molecular flexibility index (Phi) is 3.99. The molecule has 1 atom stereocenters. The zero-order chi connectivity index (χ0) is 9.07. The van der Waals surface area contributed by atoms with E-state index < -0.39 is 16.1 Å². The van der Waals surface area contributed by atoms with Gasteiger partial charge in [0.15, 0.2) is 0 Å². The van der Waals surface area contributed by atoms with E-state index in [1.54, 1.807) is 0 Å². The van der Waals surface area contributed by atoms with Crippen molar-refractivity contribution in [1.29, 1.82) is 0 Å². The number of carboxylic acids is 1. The molecule has 0 spiro atoms. The standard InChI is InChI=1S/C6H11NO2S2/c1-2-3-6(7,4(8)9)5(10)11/h2,5,10-11H,1,3,7H2,(H,8,9)/t6-/m1/s1. The first-order chi connectivity index (χ1) is 4.95. The maximum absolute atomic E-state index is 10.6. The summed E-state index contributed by atoms with van der Waals surface area (Å²) in [6.07, 6.45) is 1.59. The van der Waals surface area contributed by atoms with Gasteiger partial charge in [-0.15, -0.1) is 6.58 Å². The van der Waals surface area contributed by atoms with E-state index in [-0.39, 0.29) is 6.42 Å². The highest BCUT2D eigenvalue weighted by Gasteiger charge is 2.37. The first-order valence-electron chi connectivity index (χ1n) is 2.94. The number of carbonyl (C=O) groups is 1. The van der Waals surface area contributed by atoms with Crippen molar-refractivity contribution < 1.29 is 9.90 Å². The number of hydrogen-bond donors (Lipinski definition) is 4. The van der Waals surface area contributed by atoms with E-state index >= 15 is 0 Å². The van der Waals surface area contributed by atoms with Crippen LogP contribution in [0.4, 0.5) is 0 Å². The van der Waals surface area contributed by atoms with Gasteiger partial charge in [0.2, 0.25) is 0 Å². The van der Waals surface area contributed by atoms with Gasteiger partial charge in [-0.3, -0.25) is 4.79 Å². The van der Waals surface area contributed by atoms with Crippen LogP contribution in [-0.2, 0) is 4.79 Å². The molecule has 64 valence electrons. The summed E-state index contributed by atoms with van der Waals surface area (Å²) in [6, 6.07) is 0. The molecule has 0 aromatic carbocycles. The molecule has 3 N–H and O–H groups in total. The number of thiol groups is 2. The molecule has 3 nitrogen and oxygen atoms in total. The Morgan fingerprint density at radius 1 is 1.82 bits per heavy atom. The van der Waals surface area contributed by atoms with E-state index in [0.29, 0.717) is 0 Å². The molecule has 0 amide bonds. The third kappa shape index (κ3) is 2.43. The summed E-state index contributed by atoms with van der Waals surface area (Å²) >= 11 is 7.73. The minimum atomic E-state index is -1.42. The van der Waals surface area contributed by atoms with Gasteiger partial charge in [0, 0.05) is 0 Å². The third-order valence-electron chi connectivity index (χ3n) is 1.34. The molecule has 0 radical (unpaired) electrons. The first-order valence-corrected chi connectivity index (χ1v) is 3.97. The summed E-state index contributed by atoms with van der Waals surface area (Å²) in [6.45, 7) is 3.40. The number of nitrogens with two attached hydrogens (primary N) is 1. The smallest absolute Gasteiger partial charge is 0.326 e. The summed E-state index contributed by atoms with van der Waals surface area (Å²) in [4.78, 5) is 10.6. The molecule has 0 saturated heterocycles. The van der Waals surface area contributed by atoms with E-state index in [1.165, 1.54) is 6.08 Å². The molecule has 0 saturated carbocycles. The Bertz CT molecular complexity index is 172. The molecule has 0 aliphatic heterocycles. The zero-order valence-corrected chi connectivity index (χ0v) is 7.69. The van der Waals surface area contributed by atoms with Crippen molar-refractivity contribution in [2.45, 2.75) is 16.5 Å². The van der Waals surface area contributed by atoms with Gasteiger partial charge in [-0.05, 0) is 6.42 Å². The Morgan fingerprint density at radius 2 is 2.27 bits per heavy atom. The summed E-state index contributed by atoms with van der Waals surface area (Å²) in [5.41, 5.74) is 4.05. The van der Waals surface area contributed by atoms with Crippen LogP contribution in [0.2, 0.25) is 0 Å². The molecule has 5 heteroatoms. The minimum absolute atomic E-state index is 0.153. The molecule has 0 aromatic heterocycles. The average molecular weight is 193 g/mol. The predicted octanol–water partition coefficient (Wildman–Crippen LogP) is 0.530. The molecule has 0 aliphatic rings. The number of hydrogen-bond acceptors (Lipinski definition) is 4. The maximum atomic E-state index is 10.6. The van der Waals surface area contributed by atoms with Crippen molar-refractivity contribution in [1.82, 2.24) is 0 Å². The number of aliphatic carboxylic acids is 1. The molecule has 0 heterocycles. The van der Waals surface area contributed by atoms with Gasteiger partial charge >= 0.3 is 5.97 Å². The van der Waals surface area contributed by atoms with Crippen LogP contribution in [0, 0.1) is 0 Å². The van der Waals surface area contributed by atoms with Gasteiger partial charge in [0.25, 0.3) is 0 Å². The molecule has 0 rings (SSSR count). The fraction of sp³-hybridized carbons (Fsp3) is 0.500. The van der Waals surface area contributed by atoms with Crippen molar-refractivity contribution in [3.05, 3.63) is 12.7 Å². The second-order valence-corrected chi connectivity index (χ2v) is 3.65. The lowest BCUT2D eigenvalue weighted by Gasteiger charge is -2.25. The fourth-order valence-corrected chi connectivity index (χ4v) is 0.974. The Hall–Kier alpha value is -0.130. The van der Waals surface area contributed by atoms with Crippen LogP contribution >= 0.6 is 25.3 Å². The van der Waals surface area contributed by atoms with Gasteiger partial charge in [0.05, 0.1) is 4.58 Å². The van der Waals surface area contributed by atoms with Gasteiger partial charge in [0.1, 0.15) is 5.54 Å². The second kappa shape index (κ2) is 4.04. The summed E-state index contributed by atoms with van der Waals surface area (Å²) < 4.78 is -0.696. The van der Waals surface area contributed by atoms with E-state index in [2.05, 4.69) is 31.8 Å². The van der Waals surface area contributed by atoms with Crippen LogP contribution in [0.15, 0.2) is 12.7 Å². The van der Waals surface area contributed by atoms with Crippen LogP contribution in [0.5, 0.6) is 0 Å². The Morgan fingerprint density at radius 3 is 2.36 bits per heavy atom. The summed E-state index contributed by atoms with van der Waals surface area (Å²) in [7, 11) is 0. The van der Waals surface area contributed by atoms with Crippen molar-refractivity contribution in [3.63, 3.8) is 0 Å². The lowest BCUT2D eigenvalue weighted by molar-refractivity contribution is -0.142. The molecule has 0 bridgehead atoms. The van der Waals surface area contributed by atoms with Crippen LogP contribution in [-0.4, -0.2) is 21.2 Å². The third-order valence-corrected chi connectivity index (χ3v) is 2.26. The summed E-state index contributed by atoms with van der Waals surface area (Å²) in [5, 5.41) is 8.66. The molecule has 0 aromatic rings. The fourth-order valence-electron chi connectivity index (χ4n) is 0.542. The molecule has 11 heavy (non-hydrogen) atoms. The van der Waals surface area contributed by atoms with Crippen LogP contribution < -0.4 is 5.73 Å². The van der Waals surface area contributed by atoms with Gasteiger partial charge in [-0.1, -0.05) is 6.08 Å². The Labute approximate surface area is 76.5 Å². The quantitative estimate of drug-likeness (QED) is 0.299. The minimum Gasteiger partial charge on any atom is -0.480 e. The highest BCUT2D eigenvalue weighted by molar-refractivity contribution is 7.99. The maximum Gasteiger partial charge on any atom is 0.326 e. The van der Waals surface area contributed by atoms with E-state index in [1.807, 2.05) is 0 Å². The highest BCUT2D eigenvalue weighted by atomic mass is 32.2. The van der Waals surface area contributed by atoms with Crippen LogP contribution in [0.3, 0.4) is 0 Å². The van der Waals surface area contributed by atoms with E-state index in [4.69, 9.17) is 10.8 Å². The molecule has 0 unspecified atom stereocenters. The molecular formula is C6H11NO2S2. The number of carboxylic acid groups (broad SMARTS) is 1. The SMILES string of the molecule is C=CC[C@@](N)(C(=O)O)C(S)S. The van der Waals surface area contributed by atoms with E-state index in [0.717, 1.165) is 0 Å². The normalized spacial score (nSPS) is 16.0. The van der Waals surface area contributed by atoms with Crippen molar-refractivity contribution in [2.24, 2.45) is 5.73 Å². The van der Waals surface area contributed by atoms with E-state index in [9.17, 15) is 4.79 Å². The zero-order valence-electron chi connectivity index (χ0n) is 5.90. The number of rotatable bonds is 4. The highest BCUT2D eigenvalue weighted by Crippen LogP contribution is 2.21. The van der Waals surface area contributed by atoms with Gasteiger partial charge in [-0.25, -0.2) is 0 Å². The van der Waals surface area contributed by atoms with Crippen molar-refractivity contribution >= 4 is 31.2 Å². The van der Waals surface area contributed by atoms with Gasteiger partial charge < -0.3 is 10.8 Å². The molecule has 0 aliphatic carbocycles. The van der Waals surface area contributed by atoms with Crippen molar-refractivity contribution in [2.75, 3.05) is 0 Å². The van der Waals surface area contributed by atoms with Crippen LogP contribution in [0.25, 0.3) is 0 Å².